The summed E-state index contributed by atoms with van der Waals surface area (Å²) >= 11 is 0. The van der Waals surface area contributed by atoms with Gasteiger partial charge in [0.1, 0.15) is 0 Å². The van der Waals surface area contributed by atoms with Crippen LogP contribution in [0.15, 0.2) is 11.6 Å². The van der Waals surface area contributed by atoms with Gasteiger partial charge in [0.25, 0.3) is 0 Å². The molecule has 0 saturated carbocycles. The van der Waals surface area contributed by atoms with Crippen molar-refractivity contribution in [3.05, 3.63) is 11.6 Å². The van der Waals surface area contributed by atoms with Crippen LogP contribution in [-0.2, 0) is 9.59 Å². The van der Waals surface area contributed by atoms with E-state index in [1.807, 2.05) is 4.90 Å². The number of amides is 1. The third-order valence-corrected chi connectivity index (χ3v) is 4.83. The summed E-state index contributed by atoms with van der Waals surface area (Å²) in [4.78, 5) is 26.4. The van der Waals surface area contributed by atoms with Gasteiger partial charge in [-0.2, -0.15) is 0 Å². The maximum Gasteiger partial charge on any atom is 0.222 e. The number of hydrogen-bond acceptors (Lipinski definition) is 3. The van der Waals surface area contributed by atoms with Crippen LogP contribution >= 0.6 is 0 Å². The lowest BCUT2D eigenvalue weighted by Crippen LogP contribution is -2.56. The maximum absolute atomic E-state index is 12.4. The van der Waals surface area contributed by atoms with Crippen LogP contribution in [-0.4, -0.2) is 35.7 Å². The Kier molecular flexibility index (Phi) is 3.44. The fraction of sp³-hybridized carbons (Fsp3) is 0.733. The van der Waals surface area contributed by atoms with Crippen molar-refractivity contribution in [2.24, 2.45) is 17.6 Å². The third-order valence-electron chi connectivity index (χ3n) is 4.83. The van der Waals surface area contributed by atoms with Crippen LogP contribution in [0, 0.1) is 11.8 Å². The van der Waals surface area contributed by atoms with E-state index in [1.165, 1.54) is 0 Å². The Hall–Kier alpha value is -1.16. The molecule has 3 rings (SSSR count). The van der Waals surface area contributed by atoms with Crippen molar-refractivity contribution in [1.29, 1.82) is 0 Å². The Morgan fingerprint density at radius 1 is 1.37 bits per heavy atom. The first-order valence-electron chi connectivity index (χ1n) is 7.45. The lowest BCUT2D eigenvalue weighted by molar-refractivity contribution is -0.143. The summed E-state index contributed by atoms with van der Waals surface area (Å²) in [6.45, 7) is 1.28. The number of nitrogens with two attached hydrogens (primary N) is 1. The van der Waals surface area contributed by atoms with Crippen molar-refractivity contribution < 1.29 is 9.59 Å². The van der Waals surface area contributed by atoms with E-state index in [9.17, 15) is 9.59 Å². The van der Waals surface area contributed by atoms with Crippen molar-refractivity contribution in [2.75, 3.05) is 13.1 Å². The first kappa shape index (κ1) is 12.9. The van der Waals surface area contributed by atoms with Gasteiger partial charge >= 0.3 is 0 Å². The van der Waals surface area contributed by atoms with Crippen LogP contribution in [0.1, 0.15) is 38.5 Å². The maximum atomic E-state index is 12.4. The highest BCUT2D eigenvalue weighted by molar-refractivity contribution is 5.98. The Bertz CT molecular complexity index is 430. The molecule has 2 N–H and O–H groups in total. The van der Waals surface area contributed by atoms with E-state index >= 15 is 0 Å². The molecule has 4 nitrogen and oxygen atoms in total. The summed E-state index contributed by atoms with van der Waals surface area (Å²) in [5.41, 5.74) is 6.52. The Morgan fingerprint density at radius 2 is 2.21 bits per heavy atom. The minimum Gasteiger partial charge on any atom is -0.338 e. The normalized spacial score (nSPS) is 34.1. The highest BCUT2D eigenvalue weighted by Gasteiger charge is 2.44. The van der Waals surface area contributed by atoms with E-state index in [1.54, 1.807) is 0 Å². The fourth-order valence-corrected chi connectivity index (χ4v) is 3.90. The first-order valence-corrected chi connectivity index (χ1v) is 7.45. The SMILES string of the molecule is NCCCC1=C[C@@H]2C[C@@H](CN3C(=O)CCC[C@H]23)C1=O. The largest absolute Gasteiger partial charge is 0.338 e. The van der Waals surface area contributed by atoms with Gasteiger partial charge in [-0.15, -0.1) is 0 Å². The van der Waals surface area contributed by atoms with E-state index in [0.29, 0.717) is 31.5 Å². The molecule has 19 heavy (non-hydrogen) atoms. The molecule has 0 aromatic heterocycles. The standard InChI is InChI=1S/C15H22N2O2/c16-6-2-3-10-7-11-8-12(15(10)19)9-17-13(11)4-1-5-14(17)18/h7,11-13H,1-6,8-9,16H2/t11-,12+,13-/m1/s1. The second kappa shape index (κ2) is 5.08. The van der Waals surface area contributed by atoms with Gasteiger partial charge in [0.15, 0.2) is 5.78 Å². The predicted octanol–water partition coefficient (Wildman–Crippen LogP) is 1.25. The number of piperidine rings is 2. The topological polar surface area (TPSA) is 63.4 Å². The zero-order chi connectivity index (χ0) is 13.4. The number of ketones is 1. The van der Waals surface area contributed by atoms with E-state index in [-0.39, 0.29) is 17.6 Å². The molecule has 1 amide bonds. The molecule has 0 unspecified atom stereocenters. The molecule has 0 radical (unpaired) electrons. The molecule has 4 heteroatoms. The molecule has 0 spiro atoms. The first-order chi connectivity index (χ1) is 9.20. The number of carbonyl (C=O) groups excluding carboxylic acids is 2. The number of fused-ring (bicyclic) bond motifs is 4. The van der Waals surface area contributed by atoms with Crippen molar-refractivity contribution in [3.8, 4) is 0 Å². The molecule has 2 heterocycles. The number of rotatable bonds is 3. The molecular weight excluding hydrogens is 240 g/mol. The van der Waals surface area contributed by atoms with Gasteiger partial charge in [-0.25, -0.2) is 0 Å². The van der Waals surface area contributed by atoms with Gasteiger partial charge in [0.05, 0.1) is 0 Å². The third kappa shape index (κ3) is 2.22. The fourth-order valence-electron chi connectivity index (χ4n) is 3.90. The summed E-state index contributed by atoms with van der Waals surface area (Å²) < 4.78 is 0. The van der Waals surface area contributed by atoms with Crippen molar-refractivity contribution in [2.45, 2.75) is 44.6 Å². The average Bonchev–Trinajstić information content (AvgIpc) is 2.42. The highest BCUT2D eigenvalue weighted by Crippen LogP contribution is 2.40. The summed E-state index contributed by atoms with van der Waals surface area (Å²) in [5.74, 6) is 0.952. The molecule has 2 saturated heterocycles. The lowest BCUT2D eigenvalue weighted by Gasteiger charge is -2.48. The molecule has 104 valence electrons. The molecule has 2 fully saturated rings. The zero-order valence-electron chi connectivity index (χ0n) is 11.3. The monoisotopic (exact) mass is 262 g/mol. The van der Waals surface area contributed by atoms with E-state index in [2.05, 4.69) is 6.08 Å². The second-order valence-corrected chi connectivity index (χ2v) is 6.05. The molecule has 1 aliphatic carbocycles. The Labute approximate surface area is 114 Å². The summed E-state index contributed by atoms with van der Waals surface area (Å²) in [5, 5.41) is 0. The minimum absolute atomic E-state index is 0.0427. The quantitative estimate of drug-likeness (QED) is 0.832. The molecule has 3 atom stereocenters. The number of hydrogen-bond donors (Lipinski definition) is 1. The van der Waals surface area contributed by atoms with Crippen LogP contribution in [0.5, 0.6) is 0 Å². The van der Waals surface area contributed by atoms with Gasteiger partial charge in [0.2, 0.25) is 5.91 Å². The van der Waals surface area contributed by atoms with Crippen LogP contribution < -0.4 is 5.73 Å². The highest BCUT2D eigenvalue weighted by atomic mass is 16.2. The van der Waals surface area contributed by atoms with Crippen LogP contribution in [0.3, 0.4) is 0 Å². The van der Waals surface area contributed by atoms with Crippen LogP contribution in [0.2, 0.25) is 0 Å². The molecule has 0 aromatic carbocycles. The minimum atomic E-state index is 0.0427. The van der Waals surface area contributed by atoms with E-state index in [0.717, 1.165) is 37.7 Å². The van der Waals surface area contributed by atoms with Crippen molar-refractivity contribution in [3.63, 3.8) is 0 Å². The molecule has 2 bridgehead atoms. The van der Waals surface area contributed by atoms with Crippen LogP contribution in [0.4, 0.5) is 0 Å². The number of nitrogens with zero attached hydrogens (tertiary/aromatic N) is 1. The van der Waals surface area contributed by atoms with Crippen molar-refractivity contribution >= 4 is 11.7 Å². The van der Waals surface area contributed by atoms with Crippen molar-refractivity contribution in [1.82, 2.24) is 4.90 Å². The Morgan fingerprint density at radius 3 is 3.00 bits per heavy atom. The Balaban J connectivity index is 1.84. The van der Waals surface area contributed by atoms with Gasteiger partial charge in [-0.3, -0.25) is 9.59 Å². The molecule has 2 aliphatic heterocycles. The van der Waals surface area contributed by atoms with Crippen LogP contribution in [0.25, 0.3) is 0 Å². The zero-order valence-corrected chi connectivity index (χ0v) is 11.3. The molecule has 0 aromatic rings. The van der Waals surface area contributed by atoms with Gasteiger partial charge in [-0.1, -0.05) is 6.08 Å². The summed E-state index contributed by atoms with van der Waals surface area (Å²) in [7, 11) is 0. The smallest absolute Gasteiger partial charge is 0.222 e. The van der Waals surface area contributed by atoms with E-state index in [4.69, 9.17) is 5.73 Å². The summed E-state index contributed by atoms with van der Waals surface area (Å²) in [6, 6.07) is 0.346. The molecular formula is C15H22N2O2. The molecule has 3 aliphatic rings. The van der Waals surface area contributed by atoms with Gasteiger partial charge in [-0.05, 0) is 50.1 Å². The lowest BCUT2D eigenvalue weighted by atomic mass is 9.71. The number of carbonyl (C=O) groups is 2. The average molecular weight is 262 g/mol. The summed E-state index contributed by atoms with van der Waals surface area (Å²) in [6.07, 6.45) is 7.55. The van der Waals surface area contributed by atoms with Gasteiger partial charge in [0, 0.05) is 24.9 Å². The van der Waals surface area contributed by atoms with E-state index < -0.39 is 0 Å². The number of Topliss-reactive ketones (excluding diaryl/α,β-unsaturated/α-hetero) is 1. The predicted molar refractivity (Wildman–Crippen MR) is 72.3 cm³/mol. The van der Waals surface area contributed by atoms with Gasteiger partial charge < -0.3 is 10.6 Å². The second-order valence-electron chi connectivity index (χ2n) is 6.05. The number of allylic oxidation sites excluding steroid dienone is 1.